The number of halogens is 2. The summed E-state index contributed by atoms with van der Waals surface area (Å²) in [6, 6.07) is 1.79. The average Bonchev–Trinajstić information content (AvgIpc) is 2.37. The molecule has 0 aliphatic carbocycles. The van der Waals surface area contributed by atoms with Crippen molar-refractivity contribution in [3.05, 3.63) is 0 Å². The van der Waals surface area contributed by atoms with E-state index in [-0.39, 0.29) is 25.9 Å². The first-order valence-corrected chi connectivity index (χ1v) is 6.38. The Balaban J connectivity index is 2.68. The minimum absolute atomic E-state index is 0.0379. The van der Waals surface area contributed by atoms with Gasteiger partial charge in [-0.15, -0.1) is 0 Å². The van der Waals surface area contributed by atoms with E-state index in [9.17, 15) is 13.6 Å². The summed E-state index contributed by atoms with van der Waals surface area (Å²) < 4.78 is 32.7. The smallest absolute Gasteiger partial charge is 0.410 e. The quantitative estimate of drug-likeness (QED) is 0.738. The van der Waals surface area contributed by atoms with Crippen LogP contribution in [0.25, 0.3) is 0 Å². The van der Waals surface area contributed by atoms with Crippen LogP contribution in [0.4, 0.5) is 13.6 Å². The molecule has 0 N–H and O–H groups in total. The van der Waals surface area contributed by atoms with Gasteiger partial charge in [-0.1, -0.05) is 0 Å². The lowest BCUT2D eigenvalue weighted by Crippen LogP contribution is -2.37. The van der Waals surface area contributed by atoms with Crippen LogP contribution in [-0.4, -0.2) is 35.6 Å². The summed E-state index contributed by atoms with van der Waals surface area (Å²) in [4.78, 5) is 13.1. The molecule has 0 aromatic rings. The molecule has 108 valence electrons. The van der Waals surface area contributed by atoms with E-state index in [0.717, 1.165) is 0 Å². The molecule has 1 heterocycles. The Morgan fingerprint density at radius 1 is 1.47 bits per heavy atom. The van der Waals surface area contributed by atoms with Crippen LogP contribution >= 0.6 is 0 Å². The van der Waals surface area contributed by atoms with Gasteiger partial charge in [-0.25, -0.2) is 13.6 Å². The number of alkyl halides is 2. The molecule has 1 atom stereocenters. The number of carbonyl (C=O) groups is 1. The van der Waals surface area contributed by atoms with Gasteiger partial charge < -0.3 is 9.64 Å². The van der Waals surface area contributed by atoms with Crippen LogP contribution in [0.3, 0.4) is 0 Å². The molecule has 1 aliphatic heterocycles. The second-order valence-corrected chi connectivity index (χ2v) is 5.83. The topological polar surface area (TPSA) is 53.3 Å². The van der Waals surface area contributed by atoms with Gasteiger partial charge in [0.15, 0.2) is 0 Å². The highest BCUT2D eigenvalue weighted by atomic mass is 19.3. The zero-order chi connectivity index (χ0) is 14.7. The predicted molar refractivity (Wildman–Crippen MR) is 65.7 cm³/mol. The number of rotatable bonds is 1. The Labute approximate surface area is 112 Å². The molecule has 1 amide bonds. The van der Waals surface area contributed by atoms with Crippen molar-refractivity contribution in [2.45, 2.75) is 51.6 Å². The maximum absolute atomic E-state index is 13.8. The zero-order valence-corrected chi connectivity index (χ0v) is 11.6. The molecule has 0 aromatic heterocycles. The summed E-state index contributed by atoms with van der Waals surface area (Å²) in [5.74, 6) is -3.88. The first-order valence-electron chi connectivity index (χ1n) is 6.38. The molecule has 4 nitrogen and oxygen atoms in total. The Kier molecular flexibility index (Phi) is 4.72. The molecule has 0 aromatic carbocycles. The number of likely N-dealkylation sites (tertiary alicyclic amines) is 1. The van der Waals surface area contributed by atoms with E-state index in [0.29, 0.717) is 0 Å². The lowest BCUT2D eigenvalue weighted by molar-refractivity contribution is -0.0596. The molecule has 1 saturated heterocycles. The molecule has 0 bridgehead atoms. The second-order valence-electron chi connectivity index (χ2n) is 5.83. The fourth-order valence-corrected chi connectivity index (χ4v) is 1.99. The van der Waals surface area contributed by atoms with Crippen molar-refractivity contribution in [1.82, 2.24) is 4.90 Å². The van der Waals surface area contributed by atoms with Crippen LogP contribution in [0.2, 0.25) is 0 Å². The molecule has 1 aliphatic rings. The largest absolute Gasteiger partial charge is 0.444 e. The number of ether oxygens (including phenoxy) is 1. The molecule has 1 unspecified atom stereocenters. The van der Waals surface area contributed by atoms with E-state index >= 15 is 0 Å². The van der Waals surface area contributed by atoms with Crippen LogP contribution in [0.15, 0.2) is 0 Å². The van der Waals surface area contributed by atoms with Crippen LogP contribution in [0.5, 0.6) is 0 Å². The van der Waals surface area contributed by atoms with Crippen LogP contribution in [0, 0.1) is 17.2 Å². The van der Waals surface area contributed by atoms with E-state index < -0.39 is 30.0 Å². The van der Waals surface area contributed by atoms with Crippen LogP contribution in [0.1, 0.15) is 40.0 Å². The third kappa shape index (κ3) is 4.66. The molecule has 0 spiro atoms. The van der Waals surface area contributed by atoms with Crippen molar-refractivity contribution in [2.24, 2.45) is 5.92 Å². The van der Waals surface area contributed by atoms with Gasteiger partial charge in [0, 0.05) is 31.8 Å². The van der Waals surface area contributed by atoms with Crippen LogP contribution < -0.4 is 0 Å². The van der Waals surface area contributed by atoms with Gasteiger partial charge in [-0.05, 0) is 27.2 Å². The summed E-state index contributed by atoms with van der Waals surface area (Å²) in [6.07, 6.45) is -1.05. The van der Waals surface area contributed by atoms with E-state index in [1.165, 1.54) is 4.90 Å². The Hall–Kier alpha value is -1.38. The highest BCUT2D eigenvalue weighted by molar-refractivity contribution is 5.68. The Morgan fingerprint density at radius 3 is 2.63 bits per heavy atom. The fourth-order valence-electron chi connectivity index (χ4n) is 1.99. The lowest BCUT2D eigenvalue weighted by Gasteiger charge is -2.26. The van der Waals surface area contributed by atoms with Crippen molar-refractivity contribution < 1.29 is 18.3 Å². The summed E-state index contributed by atoms with van der Waals surface area (Å²) in [5, 5.41) is 8.58. The van der Waals surface area contributed by atoms with E-state index in [2.05, 4.69) is 0 Å². The summed E-state index contributed by atoms with van der Waals surface area (Å²) in [5.41, 5.74) is -0.641. The number of carbonyl (C=O) groups excluding carboxylic acids is 1. The standard InChI is InChI=1S/C13H20F2N2O2/c1-12(2,3)19-11(18)17-8-5-10(4-7-16)13(14,15)6-9-17/h10H,4-6,8-9H2,1-3H3. The van der Waals surface area contributed by atoms with Gasteiger partial charge >= 0.3 is 6.09 Å². The third-order valence-electron chi connectivity index (χ3n) is 3.05. The van der Waals surface area contributed by atoms with E-state index in [1.807, 2.05) is 0 Å². The highest BCUT2D eigenvalue weighted by Crippen LogP contribution is 2.35. The van der Waals surface area contributed by atoms with Gasteiger partial charge in [0.25, 0.3) is 5.92 Å². The number of hydrogen-bond acceptors (Lipinski definition) is 3. The summed E-state index contributed by atoms with van der Waals surface area (Å²) in [7, 11) is 0. The fraction of sp³-hybridized carbons (Fsp3) is 0.846. The molecule has 6 heteroatoms. The van der Waals surface area contributed by atoms with Gasteiger partial charge in [-0.2, -0.15) is 5.26 Å². The van der Waals surface area contributed by atoms with Gasteiger partial charge in [0.2, 0.25) is 0 Å². The Bertz CT molecular complexity index is 372. The second kappa shape index (κ2) is 5.72. The zero-order valence-electron chi connectivity index (χ0n) is 11.6. The number of amides is 1. The number of nitrogens with zero attached hydrogens (tertiary/aromatic N) is 2. The monoisotopic (exact) mass is 274 g/mol. The van der Waals surface area contributed by atoms with Crippen molar-refractivity contribution >= 4 is 6.09 Å². The first-order chi connectivity index (χ1) is 8.65. The molecule has 0 saturated carbocycles. The highest BCUT2D eigenvalue weighted by Gasteiger charge is 2.42. The van der Waals surface area contributed by atoms with Crippen molar-refractivity contribution in [3.63, 3.8) is 0 Å². The van der Waals surface area contributed by atoms with Crippen molar-refractivity contribution in [2.75, 3.05) is 13.1 Å². The first kappa shape index (κ1) is 15.7. The molecule has 19 heavy (non-hydrogen) atoms. The van der Waals surface area contributed by atoms with Gasteiger partial charge in [-0.3, -0.25) is 0 Å². The minimum Gasteiger partial charge on any atom is -0.444 e. The lowest BCUT2D eigenvalue weighted by atomic mass is 9.94. The van der Waals surface area contributed by atoms with E-state index in [4.69, 9.17) is 10.00 Å². The third-order valence-corrected chi connectivity index (χ3v) is 3.05. The minimum atomic E-state index is -2.90. The summed E-state index contributed by atoms with van der Waals surface area (Å²) >= 11 is 0. The number of nitriles is 1. The molecule has 1 fully saturated rings. The summed E-state index contributed by atoms with van der Waals surface area (Å²) in [6.45, 7) is 5.36. The molecular formula is C13H20F2N2O2. The number of hydrogen-bond donors (Lipinski definition) is 0. The Morgan fingerprint density at radius 2 is 2.11 bits per heavy atom. The maximum atomic E-state index is 13.8. The average molecular weight is 274 g/mol. The van der Waals surface area contributed by atoms with Crippen molar-refractivity contribution in [3.8, 4) is 6.07 Å². The SMILES string of the molecule is CC(C)(C)OC(=O)N1CCC(CC#N)C(F)(F)CC1. The maximum Gasteiger partial charge on any atom is 0.410 e. The van der Waals surface area contributed by atoms with Crippen molar-refractivity contribution in [1.29, 1.82) is 5.26 Å². The van der Waals surface area contributed by atoms with Gasteiger partial charge in [0.1, 0.15) is 5.60 Å². The molecule has 0 radical (unpaired) electrons. The van der Waals surface area contributed by atoms with E-state index in [1.54, 1.807) is 26.8 Å². The van der Waals surface area contributed by atoms with Crippen LogP contribution in [-0.2, 0) is 4.74 Å². The predicted octanol–water partition coefficient (Wildman–Crippen LogP) is 3.18. The van der Waals surface area contributed by atoms with Gasteiger partial charge in [0.05, 0.1) is 6.07 Å². The molecule has 1 rings (SSSR count). The normalized spacial score (nSPS) is 23.4. The molecular weight excluding hydrogens is 254 g/mol.